The minimum Gasteiger partial charge on any atom is -0.376 e. The smallest absolute Gasteiger partial charge is 0.330 e. The normalized spacial score (nSPS) is 28.2. The maximum Gasteiger partial charge on any atom is 0.330 e. The second-order valence-electron chi connectivity index (χ2n) is 7.61. The summed E-state index contributed by atoms with van der Waals surface area (Å²) < 4.78 is 41.3. The SMILES string of the molecule is CO[C@@H]1[C@H](OCc2ccccc2)[C@@H](OCc2ccccc2)[C@H](C)O[C@H]1CP(=O)(O)OC. The molecular weight excluding hydrogens is 419 g/mol. The van der Waals surface area contributed by atoms with E-state index in [1.54, 1.807) is 7.11 Å². The van der Waals surface area contributed by atoms with Gasteiger partial charge in [0.05, 0.1) is 31.6 Å². The lowest BCUT2D eigenvalue weighted by Crippen LogP contribution is -2.60. The molecule has 0 aliphatic carbocycles. The molecule has 1 aliphatic heterocycles. The molecule has 7 nitrogen and oxygen atoms in total. The fourth-order valence-corrected chi connectivity index (χ4v) is 4.68. The van der Waals surface area contributed by atoms with Gasteiger partial charge in [-0.15, -0.1) is 0 Å². The first kappa shape index (κ1) is 24.1. The van der Waals surface area contributed by atoms with Crippen molar-refractivity contribution < 1.29 is 32.9 Å². The molecule has 1 saturated heterocycles. The molecule has 0 bridgehead atoms. The second-order valence-corrected chi connectivity index (χ2v) is 9.61. The monoisotopic (exact) mass is 450 g/mol. The summed E-state index contributed by atoms with van der Waals surface area (Å²) in [6, 6.07) is 19.7. The lowest BCUT2D eigenvalue weighted by Gasteiger charge is -2.45. The first-order valence-corrected chi connectivity index (χ1v) is 12.1. The van der Waals surface area contributed by atoms with Crippen molar-refractivity contribution in [2.75, 3.05) is 20.4 Å². The molecule has 1 fully saturated rings. The van der Waals surface area contributed by atoms with Gasteiger partial charge in [-0.05, 0) is 18.1 Å². The van der Waals surface area contributed by atoms with E-state index in [1.807, 2.05) is 67.6 Å². The molecule has 0 amide bonds. The highest BCUT2D eigenvalue weighted by atomic mass is 31.2. The lowest BCUT2D eigenvalue weighted by atomic mass is 9.95. The standard InChI is InChI=1S/C23H31O7P/c1-17-21(28-14-18-10-6-4-7-11-18)23(29-15-19-12-8-5-9-13-19)22(26-2)20(30-17)16-31(24,25)27-3/h4-13,17,20-23H,14-16H2,1-3H3,(H,24,25)/t17-,20-,21-,22-,23+/m0/s1. The summed E-state index contributed by atoms with van der Waals surface area (Å²) in [4.78, 5) is 10.0. The van der Waals surface area contributed by atoms with Crippen LogP contribution < -0.4 is 0 Å². The summed E-state index contributed by atoms with van der Waals surface area (Å²) >= 11 is 0. The third kappa shape index (κ3) is 6.70. The third-order valence-electron chi connectivity index (χ3n) is 5.40. The molecule has 1 N–H and O–H groups in total. The molecule has 0 radical (unpaired) electrons. The lowest BCUT2D eigenvalue weighted by molar-refractivity contribution is -0.249. The van der Waals surface area contributed by atoms with E-state index >= 15 is 0 Å². The van der Waals surface area contributed by atoms with Crippen LogP contribution >= 0.6 is 7.60 Å². The fourth-order valence-electron chi connectivity index (χ4n) is 3.78. The van der Waals surface area contributed by atoms with Crippen LogP contribution in [0.4, 0.5) is 0 Å². The van der Waals surface area contributed by atoms with E-state index in [0.29, 0.717) is 13.2 Å². The summed E-state index contributed by atoms with van der Waals surface area (Å²) in [5.74, 6) is 0. The Hall–Kier alpha value is -1.57. The van der Waals surface area contributed by atoms with Crippen molar-refractivity contribution in [2.24, 2.45) is 0 Å². The molecular formula is C23H31O7P. The predicted molar refractivity (Wildman–Crippen MR) is 117 cm³/mol. The summed E-state index contributed by atoms with van der Waals surface area (Å²) in [6.45, 7) is 2.63. The summed E-state index contributed by atoms with van der Waals surface area (Å²) in [5.41, 5.74) is 2.05. The molecule has 31 heavy (non-hydrogen) atoms. The Morgan fingerprint density at radius 2 is 1.39 bits per heavy atom. The average Bonchev–Trinajstić information content (AvgIpc) is 2.78. The first-order chi connectivity index (χ1) is 14.9. The topological polar surface area (TPSA) is 83.5 Å². The van der Waals surface area contributed by atoms with Crippen molar-refractivity contribution in [3.8, 4) is 0 Å². The van der Waals surface area contributed by atoms with Crippen LogP contribution in [0, 0.1) is 0 Å². The number of ether oxygens (including phenoxy) is 4. The van der Waals surface area contributed by atoms with Gasteiger partial charge in [-0.25, -0.2) is 0 Å². The van der Waals surface area contributed by atoms with Crippen molar-refractivity contribution in [1.29, 1.82) is 0 Å². The van der Waals surface area contributed by atoms with Crippen molar-refractivity contribution in [2.45, 2.75) is 50.7 Å². The quantitative estimate of drug-likeness (QED) is 0.552. The van der Waals surface area contributed by atoms with Crippen LogP contribution in [0.3, 0.4) is 0 Å². The van der Waals surface area contributed by atoms with E-state index in [1.165, 1.54) is 7.11 Å². The summed E-state index contributed by atoms with van der Waals surface area (Å²) in [5, 5.41) is 0. The minimum atomic E-state index is -3.81. The predicted octanol–water partition coefficient (Wildman–Crippen LogP) is 3.79. The van der Waals surface area contributed by atoms with Gasteiger partial charge in [0.25, 0.3) is 0 Å². The molecule has 170 valence electrons. The van der Waals surface area contributed by atoms with E-state index < -0.39 is 32.0 Å². The molecule has 1 heterocycles. The first-order valence-electron chi connectivity index (χ1n) is 10.3. The van der Waals surface area contributed by atoms with Crippen LogP contribution in [-0.4, -0.2) is 55.8 Å². The van der Waals surface area contributed by atoms with Crippen LogP contribution in [-0.2, 0) is 41.3 Å². The molecule has 3 rings (SSSR count). The van der Waals surface area contributed by atoms with Crippen LogP contribution in [0.15, 0.2) is 60.7 Å². The molecule has 0 saturated carbocycles. The van der Waals surface area contributed by atoms with Crippen molar-refractivity contribution in [3.63, 3.8) is 0 Å². The van der Waals surface area contributed by atoms with E-state index in [9.17, 15) is 9.46 Å². The van der Waals surface area contributed by atoms with Crippen LogP contribution in [0.25, 0.3) is 0 Å². The number of rotatable bonds is 10. The zero-order valence-corrected chi connectivity index (χ0v) is 19.0. The maximum absolute atomic E-state index is 12.2. The van der Waals surface area contributed by atoms with E-state index in [0.717, 1.165) is 11.1 Å². The fraction of sp³-hybridized carbons (Fsp3) is 0.478. The average molecular weight is 450 g/mol. The van der Waals surface area contributed by atoms with Gasteiger partial charge >= 0.3 is 7.60 Å². The van der Waals surface area contributed by atoms with E-state index in [-0.39, 0.29) is 12.3 Å². The van der Waals surface area contributed by atoms with Gasteiger partial charge in [0.1, 0.15) is 18.3 Å². The second kappa shape index (κ2) is 11.3. The molecule has 6 atom stereocenters. The highest BCUT2D eigenvalue weighted by Crippen LogP contribution is 2.44. The number of hydrogen-bond donors (Lipinski definition) is 1. The molecule has 0 spiro atoms. The van der Waals surface area contributed by atoms with Gasteiger partial charge in [-0.1, -0.05) is 60.7 Å². The number of benzene rings is 2. The molecule has 8 heteroatoms. The molecule has 1 aliphatic rings. The number of methoxy groups -OCH3 is 1. The van der Waals surface area contributed by atoms with E-state index in [2.05, 4.69) is 0 Å². The van der Waals surface area contributed by atoms with Crippen LogP contribution in [0.5, 0.6) is 0 Å². The largest absolute Gasteiger partial charge is 0.376 e. The molecule has 1 unspecified atom stereocenters. The summed E-state index contributed by atoms with van der Waals surface area (Å²) in [7, 11) is -1.05. The highest BCUT2D eigenvalue weighted by Gasteiger charge is 2.48. The van der Waals surface area contributed by atoms with Crippen molar-refractivity contribution >= 4 is 7.60 Å². The van der Waals surface area contributed by atoms with E-state index in [4.69, 9.17) is 23.5 Å². The Labute approximate surface area is 183 Å². The zero-order chi connectivity index (χ0) is 22.3. The molecule has 2 aromatic rings. The summed E-state index contributed by atoms with van der Waals surface area (Å²) in [6.07, 6.45) is -2.77. The Morgan fingerprint density at radius 3 is 1.87 bits per heavy atom. The zero-order valence-electron chi connectivity index (χ0n) is 18.1. The minimum absolute atomic E-state index is 0.192. The van der Waals surface area contributed by atoms with Crippen molar-refractivity contribution in [1.82, 2.24) is 0 Å². The van der Waals surface area contributed by atoms with Gasteiger partial charge in [-0.3, -0.25) is 4.57 Å². The Bertz CT molecular complexity index is 832. The van der Waals surface area contributed by atoms with Gasteiger partial charge in [0, 0.05) is 14.2 Å². The van der Waals surface area contributed by atoms with Gasteiger partial charge in [-0.2, -0.15) is 0 Å². The van der Waals surface area contributed by atoms with Gasteiger partial charge < -0.3 is 28.4 Å². The van der Waals surface area contributed by atoms with Crippen LogP contribution in [0.1, 0.15) is 18.1 Å². The Morgan fingerprint density at radius 1 is 0.871 bits per heavy atom. The van der Waals surface area contributed by atoms with Gasteiger partial charge in [0.15, 0.2) is 0 Å². The number of hydrogen-bond acceptors (Lipinski definition) is 6. The Balaban J connectivity index is 1.79. The van der Waals surface area contributed by atoms with Gasteiger partial charge in [0.2, 0.25) is 0 Å². The maximum atomic E-state index is 12.2. The molecule has 2 aromatic carbocycles. The molecule has 0 aromatic heterocycles. The highest BCUT2D eigenvalue weighted by molar-refractivity contribution is 7.52. The third-order valence-corrected chi connectivity index (χ3v) is 6.80. The van der Waals surface area contributed by atoms with Crippen LogP contribution in [0.2, 0.25) is 0 Å². The van der Waals surface area contributed by atoms with Crippen molar-refractivity contribution in [3.05, 3.63) is 71.8 Å². The Kier molecular flexibility index (Phi) is 8.81.